The molecule has 2 fully saturated rings. The Hall–Kier alpha value is -1.70. The second-order valence-electron chi connectivity index (χ2n) is 6.14. The third-order valence-electron chi connectivity index (χ3n) is 4.39. The Morgan fingerprint density at radius 1 is 1.26 bits per heavy atom. The van der Waals surface area contributed by atoms with E-state index < -0.39 is 27.4 Å². The molecule has 2 atom stereocenters. The number of rotatable bonds is 3. The summed E-state index contributed by atoms with van der Waals surface area (Å²) in [6.07, 6.45) is 0.999. The zero-order valence-electron chi connectivity index (χ0n) is 12.5. The maximum atomic E-state index is 13.8. The second kappa shape index (κ2) is 6.07. The number of sulfone groups is 1. The molecule has 2 aliphatic rings. The minimum absolute atomic E-state index is 0.0582. The zero-order valence-corrected chi connectivity index (χ0v) is 13.3. The zero-order chi connectivity index (χ0) is 16.6. The summed E-state index contributed by atoms with van der Waals surface area (Å²) in [4.78, 5) is 13.9. The number of halogens is 2. The Labute approximate surface area is 133 Å². The lowest BCUT2D eigenvalue weighted by molar-refractivity contribution is -0.124. The highest BCUT2D eigenvalue weighted by atomic mass is 32.2. The van der Waals surface area contributed by atoms with Crippen molar-refractivity contribution in [2.24, 2.45) is 5.92 Å². The molecule has 3 rings (SSSR count). The van der Waals surface area contributed by atoms with Crippen LogP contribution in [0.4, 0.5) is 14.5 Å². The molecule has 2 aliphatic heterocycles. The fraction of sp³-hybridized carbons (Fsp3) is 0.533. The van der Waals surface area contributed by atoms with Crippen molar-refractivity contribution < 1.29 is 22.0 Å². The molecule has 0 unspecified atom stereocenters. The van der Waals surface area contributed by atoms with Gasteiger partial charge in [0.25, 0.3) is 0 Å². The average Bonchev–Trinajstić information content (AvgIpc) is 3.05. The molecule has 1 aromatic rings. The Bertz CT molecular complexity index is 723. The van der Waals surface area contributed by atoms with Gasteiger partial charge in [0, 0.05) is 25.2 Å². The van der Waals surface area contributed by atoms with E-state index in [2.05, 4.69) is 5.32 Å². The van der Waals surface area contributed by atoms with E-state index in [9.17, 15) is 22.0 Å². The topological polar surface area (TPSA) is 66.5 Å². The van der Waals surface area contributed by atoms with Gasteiger partial charge in [-0.25, -0.2) is 17.2 Å². The van der Waals surface area contributed by atoms with E-state index in [-0.39, 0.29) is 23.5 Å². The van der Waals surface area contributed by atoms with Gasteiger partial charge in [-0.05, 0) is 25.0 Å². The molecule has 2 saturated heterocycles. The lowest BCUT2D eigenvalue weighted by Gasteiger charge is -2.20. The van der Waals surface area contributed by atoms with Crippen LogP contribution in [0.1, 0.15) is 12.8 Å². The molecule has 5 nitrogen and oxygen atoms in total. The number of anilines is 1. The summed E-state index contributed by atoms with van der Waals surface area (Å²) in [7, 11) is -3.09. The first kappa shape index (κ1) is 16.2. The molecular weight excluding hydrogens is 326 g/mol. The Morgan fingerprint density at radius 2 is 2.04 bits per heavy atom. The van der Waals surface area contributed by atoms with Crippen LogP contribution < -0.4 is 10.2 Å². The van der Waals surface area contributed by atoms with Gasteiger partial charge in [-0.1, -0.05) is 0 Å². The van der Waals surface area contributed by atoms with Crippen molar-refractivity contribution in [2.75, 3.05) is 29.5 Å². The molecule has 0 aliphatic carbocycles. The summed E-state index contributed by atoms with van der Waals surface area (Å²) < 4.78 is 49.6. The molecule has 0 saturated carbocycles. The number of hydrogen-bond acceptors (Lipinski definition) is 4. The highest BCUT2D eigenvalue weighted by Gasteiger charge is 2.35. The molecular formula is C15H18F2N2O3S. The molecule has 1 amide bonds. The Balaban J connectivity index is 1.59. The molecule has 126 valence electrons. The number of nitrogens with zero attached hydrogens (tertiary/aromatic N) is 1. The van der Waals surface area contributed by atoms with Crippen LogP contribution in [0, 0.1) is 17.6 Å². The van der Waals surface area contributed by atoms with E-state index in [0.29, 0.717) is 31.6 Å². The first-order chi connectivity index (χ1) is 10.8. The summed E-state index contributed by atoms with van der Waals surface area (Å²) >= 11 is 0. The third kappa shape index (κ3) is 3.63. The van der Waals surface area contributed by atoms with Crippen LogP contribution in [0.25, 0.3) is 0 Å². The van der Waals surface area contributed by atoms with Crippen LogP contribution in [0.15, 0.2) is 18.2 Å². The molecule has 0 spiro atoms. The first-order valence-electron chi connectivity index (χ1n) is 7.55. The highest BCUT2D eigenvalue weighted by molar-refractivity contribution is 7.91. The minimum atomic E-state index is -3.09. The number of carbonyl (C=O) groups excluding carboxylic acids is 1. The summed E-state index contributed by atoms with van der Waals surface area (Å²) in [6, 6.07) is 3.27. The summed E-state index contributed by atoms with van der Waals surface area (Å²) in [5, 5.41) is 2.85. The van der Waals surface area contributed by atoms with Gasteiger partial charge in [0.05, 0.1) is 23.1 Å². The lowest BCUT2D eigenvalue weighted by atomic mass is 10.1. The highest BCUT2D eigenvalue weighted by Crippen LogP contribution is 2.25. The average molecular weight is 344 g/mol. The van der Waals surface area contributed by atoms with E-state index >= 15 is 0 Å². The van der Waals surface area contributed by atoms with Crippen LogP contribution >= 0.6 is 0 Å². The van der Waals surface area contributed by atoms with Crippen LogP contribution in [0.5, 0.6) is 0 Å². The van der Waals surface area contributed by atoms with E-state index in [1.165, 1.54) is 12.1 Å². The van der Waals surface area contributed by atoms with Gasteiger partial charge in [-0.15, -0.1) is 0 Å². The smallest absolute Gasteiger partial charge is 0.224 e. The summed E-state index contributed by atoms with van der Waals surface area (Å²) in [6.45, 7) is 0.976. The standard InChI is InChI=1S/C15H18F2N2O3S/c16-11-1-2-14(13(17)7-11)19-5-3-12(8-19)18-15(20)10-4-6-23(21,22)9-10/h1-2,7,10,12H,3-6,8-9H2,(H,18,20)/t10-,12-/m0/s1. The minimum Gasteiger partial charge on any atom is -0.367 e. The Morgan fingerprint density at radius 3 is 2.70 bits per heavy atom. The Kier molecular flexibility index (Phi) is 4.27. The van der Waals surface area contributed by atoms with Gasteiger partial charge in [0.15, 0.2) is 9.84 Å². The summed E-state index contributed by atoms with van der Waals surface area (Å²) in [5.74, 6) is -2.03. The first-order valence-corrected chi connectivity index (χ1v) is 9.37. The van der Waals surface area contributed by atoms with Crippen molar-refractivity contribution in [2.45, 2.75) is 18.9 Å². The number of benzene rings is 1. The second-order valence-corrected chi connectivity index (χ2v) is 8.36. The van der Waals surface area contributed by atoms with Gasteiger partial charge in [-0.3, -0.25) is 4.79 Å². The normalized spacial score (nSPS) is 26.4. The van der Waals surface area contributed by atoms with E-state index in [4.69, 9.17) is 0 Å². The monoisotopic (exact) mass is 344 g/mol. The van der Waals surface area contributed by atoms with E-state index in [0.717, 1.165) is 6.07 Å². The van der Waals surface area contributed by atoms with Crippen LogP contribution in [-0.2, 0) is 14.6 Å². The van der Waals surface area contributed by atoms with Gasteiger partial charge in [-0.2, -0.15) is 0 Å². The van der Waals surface area contributed by atoms with Crippen molar-refractivity contribution in [3.8, 4) is 0 Å². The molecule has 0 aromatic heterocycles. The number of hydrogen-bond donors (Lipinski definition) is 1. The third-order valence-corrected chi connectivity index (χ3v) is 6.16. The predicted octanol–water partition coefficient (Wildman–Crippen LogP) is 1.09. The molecule has 23 heavy (non-hydrogen) atoms. The lowest BCUT2D eigenvalue weighted by Crippen LogP contribution is -2.41. The molecule has 0 radical (unpaired) electrons. The summed E-state index contributed by atoms with van der Waals surface area (Å²) in [5.41, 5.74) is 0.312. The molecule has 1 N–H and O–H groups in total. The largest absolute Gasteiger partial charge is 0.367 e. The van der Waals surface area contributed by atoms with Crippen LogP contribution in [-0.4, -0.2) is 45.0 Å². The quantitative estimate of drug-likeness (QED) is 0.892. The predicted molar refractivity (Wildman–Crippen MR) is 81.9 cm³/mol. The van der Waals surface area contributed by atoms with Crippen LogP contribution in [0.3, 0.4) is 0 Å². The molecule has 2 heterocycles. The van der Waals surface area contributed by atoms with E-state index in [1.54, 1.807) is 4.90 Å². The van der Waals surface area contributed by atoms with Gasteiger partial charge < -0.3 is 10.2 Å². The maximum absolute atomic E-state index is 13.8. The van der Waals surface area contributed by atoms with Crippen molar-refractivity contribution in [3.05, 3.63) is 29.8 Å². The fourth-order valence-electron chi connectivity index (χ4n) is 3.16. The molecule has 1 aromatic carbocycles. The van der Waals surface area contributed by atoms with E-state index in [1.807, 2.05) is 0 Å². The van der Waals surface area contributed by atoms with Gasteiger partial charge >= 0.3 is 0 Å². The van der Waals surface area contributed by atoms with Crippen molar-refractivity contribution in [1.82, 2.24) is 5.32 Å². The SMILES string of the molecule is O=C(N[C@H]1CCN(c2ccc(F)cc2F)C1)[C@H]1CCS(=O)(=O)C1. The van der Waals surface area contributed by atoms with Gasteiger partial charge in [0.1, 0.15) is 11.6 Å². The van der Waals surface area contributed by atoms with Gasteiger partial charge in [0.2, 0.25) is 5.91 Å². The number of nitrogens with one attached hydrogen (secondary N) is 1. The fourth-order valence-corrected chi connectivity index (χ4v) is 4.90. The van der Waals surface area contributed by atoms with Crippen molar-refractivity contribution >= 4 is 21.4 Å². The van der Waals surface area contributed by atoms with Crippen molar-refractivity contribution in [3.63, 3.8) is 0 Å². The van der Waals surface area contributed by atoms with Crippen molar-refractivity contribution in [1.29, 1.82) is 0 Å². The molecule has 0 bridgehead atoms. The number of amides is 1. The number of carbonyl (C=O) groups is 1. The maximum Gasteiger partial charge on any atom is 0.224 e. The molecule has 8 heteroatoms. The van der Waals surface area contributed by atoms with Crippen LogP contribution in [0.2, 0.25) is 0 Å².